The molecule has 0 atom stereocenters. The highest BCUT2D eigenvalue weighted by molar-refractivity contribution is 9.10. The summed E-state index contributed by atoms with van der Waals surface area (Å²) in [6.45, 7) is 7.85. The third kappa shape index (κ3) is 5.69. The van der Waals surface area contributed by atoms with Gasteiger partial charge in [-0.2, -0.15) is 0 Å². The zero-order chi connectivity index (χ0) is 14.8. The van der Waals surface area contributed by atoms with Gasteiger partial charge in [0.1, 0.15) is 0 Å². The van der Waals surface area contributed by atoms with Crippen molar-refractivity contribution in [1.29, 1.82) is 0 Å². The molecule has 0 amide bonds. The quantitative estimate of drug-likeness (QED) is 0.660. The lowest BCUT2D eigenvalue weighted by Crippen LogP contribution is -2.19. The van der Waals surface area contributed by atoms with Crippen LogP contribution in [0.5, 0.6) is 11.5 Å². The molecule has 0 radical (unpaired) electrons. The molecule has 0 aliphatic heterocycles. The predicted octanol–water partition coefficient (Wildman–Crippen LogP) is 3.37. The van der Waals surface area contributed by atoms with E-state index in [4.69, 9.17) is 14.2 Å². The van der Waals surface area contributed by atoms with E-state index in [1.54, 1.807) is 7.11 Å². The molecule has 0 fully saturated rings. The molecule has 0 heterocycles. The monoisotopic (exact) mass is 345 g/mol. The standard InChI is InChI=1S/C15H24BrNO3/c1-4-7-20-15-13(16)9-12(10-14(15)18-3)11-17-6-8-19-5-2/h9-10,17H,4-8,11H2,1-3H3. The van der Waals surface area contributed by atoms with Gasteiger partial charge in [-0.25, -0.2) is 0 Å². The molecule has 4 nitrogen and oxygen atoms in total. The lowest BCUT2D eigenvalue weighted by Gasteiger charge is -2.14. The molecule has 0 aliphatic carbocycles. The maximum Gasteiger partial charge on any atom is 0.175 e. The Bertz CT molecular complexity index is 399. The smallest absolute Gasteiger partial charge is 0.175 e. The molecule has 1 aromatic carbocycles. The number of nitrogens with one attached hydrogen (secondary N) is 1. The Morgan fingerprint density at radius 2 is 2.00 bits per heavy atom. The van der Waals surface area contributed by atoms with Crippen LogP contribution in [-0.4, -0.2) is 33.5 Å². The van der Waals surface area contributed by atoms with Crippen molar-refractivity contribution in [1.82, 2.24) is 5.32 Å². The fourth-order valence-corrected chi connectivity index (χ4v) is 2.34. The van der Waals surface area contributed by atoms with Crippen LogP contribution in [0.2, 0.25) is 0 Å². The topological polar surface area (TPSA) is 39.7 Å². The van der Waals surface area contributed by atoms with Crippen molar-refractivity contribution in [2.75, 3.05) is 33.5 Å². The van der Waals surface area contributed by atoms with E-state index in [0.29, 0.717) is 6.61 Å². The van der Waals surface area contributed by atoms with Crippen LogP contribution in [0.25, 0.3) is 0 Å². The highest BCUT2D eigenvalue weighted by Gasteiger charge is 2.11. The molecular formula is C15H24BrNO3. The van der Waals surface area contributed by atoms with Gasteiger partial charge < -0.3 is 19.5 Å². The van der Waals surface area contributed by atoms with Crippen LogP contribution in [0, 0.1) is 0 Å². The Morgan fingerprint density at radius 3 is 2.65 bits per heavy atom. The van der Waals surface area contributed by atoms with E-state index in [1.165, 1.54) is 0 Å². The van der Waals surface area contributed by atoms with Crippen molar-refractivity contribution in [3.8, 4) is 11.5 Å². The molecule has 0 aliphatic rings. The summed E-state index contributed by atoms with van der Waals surface area (Å²) in [4.78, 5) is 0. The fraction of sp³-hybridized carbons (Fsp3) is 0.600. The lowest BCUT2D eigenvalue weighted by atomic mass is 10.2. The van der Waals surface area contributed by atoms with Gasteiger partial charge in [-0.3, -0.25) is 0 Å². The first-order chi connectivity index (χ1) is 9.72. The largest absolute Gasteiger partial charge is 0.493 e. The van der Waals surface area contributed by atoms with Crippen molar-refractivity contribution in [2.45, 2.75) is 26.8 Å². The van der Waals surface area contributed by atoms with E-state index in [0.717, 1.165) is 54.3 Å². The predicted molar refractivity (Wildman–Crippen MR) is 84.7 cm³/mol. The summed E-state index contributed by atoms with van der Waals surface area (Å²) in [5.74, 6) is 1.53. The van der Waals surface area contributed by atoms with Crippen molar-refractivity contribution in [2.24, 2.45) is 0 Å². The molecule has 0 bridgehead atoms. The van der Waals surface area contributed by atoms with Crippen molar-refractivity contribution in [3.63, 3.8) is 0 Å². The molecule has 0 aromatic heterocycles. The second kappa shape index (κ2) is 10.0. The van der Waals surface area contributed by atoms with Gasteiger partial charge in [0, 0.05) is 19.7 Å². The number of benzene rings is 1. The summed E-state index contributed by atoms with van der Waals surface area (Å²) in [5, 5.41) is 3.34. The summed E-state index contributed by atoms with van der Waals surface area (Å²) in [7, 11) is 1.66. The van der Waals surface area contributed by atoms with E-state index in [1.807, 2.05) is 13.0 Å². The minimum Gasteiger partial charge on any atom is -0.493 e. The first kappa shape index (κ1) is 17.3. The van der Waals surface area contributed by atoms with Crippen LogP contribution in [0.1, 0.15) is 25.8 Å². The molecule has 1 aromatic rings. The highest BCUT2D eigenvalue weighted by atomic mass is 79.9. The summed E-state index contributed by atoms with van der Waals surface area (Å²) in [6, 6.07) is 4.06. The molecule has 20 heavy (non-hydrogen) atoms. The van der Waals surface area contributed by atoms with E-state index in [2.05, 4.69) is 34.2 Å². The first-order valence-electron chi connectivity index (χ1n) is 7.00. The van der Waals surface area contributed by atoms with E-state index in [-0.39, 0.29) is 0 Å². The van der Waals surface area contributed by atoms with Crippen molar-refractivity contribution >= 4 is 15.9 Å². The Labute approximate surface area is 129 Å². The molecule has 114 valence electrons. The zero-order valence-electron chi connectivity index (χ0n) is 12.5. The first-order valence-corrected chi connectivity index (χ1v) is 7.79. The fourth-order valence-electron chi connectivity index (χ4n) is 1.74. The van der Waals surface area contributed by atoms with E-state index in [9.17, 15) is 0 Å². The van der Waals surface area contributed by atoms with Crippen LogP contribution in [-0.2, 0) is 11.3 Å². The summed E-state index contributed by atoms with van der Waals surface area (Å²) < 4.78 is 17.3. The summed E-state index contributed by atoms with van der Waals surface area (Å²) in [6.07, 6.45) is 0.969. The van der Waals surface area contributed by atoms with Crippen LogP contribution in [0.15, 0.2) is 16.6 Å². The number of methoxy groups -OCH3 is 1. The number of halogens is 1. The average Bonchev–Trinajstić information content (AvgIpc) is 2.45. The minimum absolute atomic E-state index is 0.681. The van der Waals surface area contributed by atoms with Gasteiger partial charge in [-0.15, -0.1) is 0 Å². The van der Waals surface area contributed by atoms with Gasteiger partial charge >= 0.3 is 0 Å². The second-order valence-corrected chi connectivity index (χ2v) is 5.19. The average molecular weight is 346 g/mol. The second-order valence-electron chi connectivity index (χ2n) is 4.33. The van der Waals surface area contributed by atoms with Crippen LogP contribution in [0.3, 0.4) is 0 Å². The molecule has 0 saturated carbocycles. The Morgan fingerprint density at radius 1 is 1.20 bits per heavy atom. The Balaban J connectivity index is 2.62. The molecule has 5 heteroatoms. The Hall–Kier alpha value is -0.780. The van der Waals surface area contributed by atoms with Gasteiger partial charge in [0.2, 0.25) is 0 Å². The normalized spacial score (nSPS) is 10.6. The van der Waals surface area contributed by atoms with Gasteiger partial charge in [0.15, 0.2) is 11.5 Å². The molecule has 1 rings (SSSR count). The molecule has 0 saturated heterocycles. The third-order valence-corrected chi connectivity index (χ3v) is 3.29. The number of hydrogen-bond acceptors (Lipinski definition) is 4. The van der Waals surface area contributed by atoms with Crippen LogP contribution < -0.4 is 14.8 Å². The van der Waals surface area contributed by atoms with Crippen molar-refractivity contribution < 1.29 is 14.2 Å². The SMILES string of the molecule is CCCOc1c(Br)cc(CNCCOCC)cc1OC. The maximum absolute atomic E-state index is 5.71. The lowest BCUT2D eigenvalue weighted by molar-refractivity contribution is 0.149. The summed E-state index contributed by atoms with van der Waals surface area (Å²) >= 11 is 3.55. The van der Waals surface area contributed by atoms with E-state index >= 15 is 0 Å². The highest BCUT2D eigenvalue weighted by Crippen LogP contribution is 2.36. The molecule has 0 spiro atoms. The summed E-state index contributed by atoms with van der Waals surface area (Å²) in [5.41, 5.74) is 1.15. The Kier molecular flexibility index (Phi) is 8.65. The molecular weight excluding hydrogens is 322 g/mol. The number of hydrogen-bond donors (Lipinski definition) is 1. The van der Waals surface area contributed by atoms with Gasteiger partial charge in [-0.05, 0) is 47.0 Å². The van der Waals surface area contributed by atoms with Crippen LogP contribution >= 0.6 is 15.9 Å². The van der Waals surface area contributed by atoms with Crippen molar-refractivity contribution in [3.05, 3.63) is 22.2 Å². The van der Waals surface area contributed by atoms with Crippen LogP contribution in [0.4, 0.5) is 0 Å². The third-order valence-electron chi connectivity index (χ3n) is 2.70. The number of rotatable bonds is 10. The minimum atomic E-state index is 0.681. The van der Waals surface area contributed by atoms with Gasteiger partial charge in [-0.1, -0.05) is 6.92 Å². The molecule has 0 unspecified atom stereocenters. The van der Waals surface area contributed by atoms with Gasteiger partial charge in [0.05, 0.1) is 24.8 Å². The zero-order valence-corrected chi connectivity index (χ0v) is 14.1. The van der Waals surface area contributed by atoms with Gasteiger partial charge in [0.25, 0.3) is 0 Å². The number of ether oxygens (including phenoxy) is 3. The maximum atomic E-state index is 5.71. The molecule has 1 N–H and O–H groups in total. The van der Waals surface area contributed by atoms with E-state index < -0.39 is 0 Å².